The lowest BCUT2D eigenvalue weighted by atomic mass is 10.1. The summed E-state index contributed by atoms with van der Waals surface area (Å²) in [6, 6.07) is 4.10. The molecule has 0 saturated carbocycles. The lowest BCUT2D eigenvalue weighted by molar-refractivity contribution is 0.0996. The molecule has 0 spiro atoms. The van der Waals surface area contributed by atoms with Gasteiger partial charge in [-0.05, 0) is 31.0 Å². The van der Waals surface area contributed by atoms with Crippen LogP contribution >= 0.6 is 15.9 Å². The molecule has 0 radical (unpaired) electrons. The minimum atomic E-state index is 0.272. The molecule has 1 heterocycles. The molecule has 15 heavy (non-hydrogen) atoms. The highest BCUT2D eigenvalue weighted by Gasteiger charge is 2.25. The Kier molecular flexibility index (Phi) is 1.80. The maximum Gasteiger partial charge on any atom is 0.165 e. The predicted molar refractivity (Wildman–Crippen MR) is 63.4 cm³/mol. The molecule has 0 amide bonds. The standard InChI is InChI=1S/C12H10BrNO/c1-6-4-7(13)5-8-11-9(14-12(6)8)2-3-10(11)15/h4-5,14H,2-3H2,1H3. The molecule has 76 valence electrons. The molecular weight excluding hydrogens is 254 g/mol. The Labute approximate surface area is 95.8 Å². The van der Waals surface area contributed by atoms with Gasteiger partial charge < -0.3 is 4.98 Å². The summed E-state index contributed by atoms with van der Waals surface area (Å²) in [6.45, 7) is 2.06. The molecule has 0 atom stereocenters. The van der Waals surface area contributed by atoms with Crippen LogP contribution in [-0.2, 0) is 6.42 Å². The largest absolute Gasteiger partial charge is 0.358 e. The van der Waals surface area contributed by atoms with E-state index in [-0.39, 0.29) is 5.78 Å². The average molecular weight is 264 g/mol. The summed E-state index contributed by atoms with van der Waals surface area (Å²) in [5.74, 6) is 0.272. The fourth-order valence-corrected chi connectivity index (χ4v) is 2.92. The molecule has 0 unspecified atom stereocenters. The van der Waals surface area contributed by atoms with Crippen molar-refractivity contribution >= 4 is 32.6 Å². The molecule has 0 fully saturated rings. The zero-order valence-electron chi connectivity index (χ0n) is 8.36. The van der Waals surface area contributed by atoms with Gasteiger partial charge in [0, 0.05) is 33.1 Å². The second-order valence-corrected chi connectivity index (χ2v) is 4.96. The molecule has 2 nitrogen and oxygen atoms in total. The molecule has 0 bridgehead atoms. The first-order chi connectivity index (χ1) is 7.16. The number of nitrogens with one attached hydrogen (secondary N) is 1. The smallest absolute Gasteiger partial charge is 0.165 e. The van der Waals surface area contributed by atoms with E-state index in [1.54, 1.807) is 0 Å². The SMILES string of the molecule is Cc1cc(Br)cc2c3c([nH]c12)CCC3=O. The van der Waals surface area contributed by atoms with Gasteiger partial charge in [-0.2, -0.15) is 0 Å². The van der Waals surface area contributed by atoms with Crippen molar-refractivity contribution in [2.45, 2.75) is 19.8 Å². The molecule has 1 N–H and O–H groups in total. The number of aromatic nitrogens is 1. The van der Waals surface area contributed by atoms with Crippen molar-refractivity contribution in [3.63, 3.8) is 0 Å². The van der Waals surface area contributed by atoms with Gasteiger partial charge in [0.05, 0.1) is 0 Å². The molecule has 2 aromatic rings. The first-order valence-corrected chi connectivity index (χ1v) is 5.80. The molecule has 3 heteroatoms. The summed E-state index contributed by atoms with van der Waals surface area (Å²) in [4.78, 5) is 15.1. The molecule has 1 aliphatic rings. The van der Waals surface area contributed by atoms with Gasteiger partial charge in [0.1, 0.15) is 0 Å². The maximum absolute atomic E-state index is 11.7. The lowest BCUT2D eigenvalue weighted by Crippen LogP contribution is -1.90. The monoisotopic (exact) mass is 263 g/mol. The Balaban J connectivity index is 2.47. The van der Waals surface area contributed by atoms with Gasteiger partial charge in [0.15, 0.2) is 5.78 Å². The van der Waals surface area contributed by atoms with Crippen LogP contribution in [0.15, 0.2) is 16.6 Å². The second kappa shape index (κ2) is 2.95. The Morgan fingerprint density at radius 1 is 1.33 bits per heavy atom. The van der Waals surface area contributed by atoms with Gasteiger partial charge in [-0.15, -0.1) is 0 Å². The van der Waals surface area contributed by atoms with Crippen LogP contribution in [0.5, 0.6) is 0 Å². The number of aromatic amines is 1. The van der Waals surface area contributed by atoms with E-state index >= 15 is 0 Å². The van der Waals surface area contributed by atoms with Crippen molar-refractivity contribution < 1.29 is 4.79 Å². The average Bonchev–Trinajstić information content (AvgIpc) is 2.68. The van der Waals surface area contributed by atoms with Crippen molar-refractivity contribution in [3.8, 4) is 0 Å². The summed E-state index contributed by atoms with van der Waals surface area (Å²) >= 11 is 3.47. The number of hydrogen-bond acceptors (Lipinski definition) is 1. The first-order valence-electron chi connectivity index (χ1n) is 5.00. The normalized spacial score (nSPS) is 14.9. The van der Waals surface area contributed by atoms with Gasteiger partial charge in [0.25, 0.3) is 0 Å². The number of H-pyrrole nitrogens is 1. The van der Waals surface area contributed by atoms with Crippen LogP contribution in [-0.4, -0.2) is 10.8 Å². The maximum atomic E-state index is 11.7. The predicted octanol–water partition coefficient (Wildman–Crippen LogP) is 3.37. The Hall–Kier alpha value is -1.09. The molecule has 0 aliphatic heterocycles. The molecule has 3 rings (SSSR count). The number of ketones is 1. The number of fused-ring (bicyclic) bond motifs is 3. The minimum Gasteiger partial charge on any atom is -0.358 e. The quantitative estimate of drug-likeness (QED) is 0.777. The molecule has 1 aromatic carbocycles. The van der Waals surface area contributed by atoms with E-state index in [1.807, 2.05) is 6.07 Å². The van der Waals surface area contributed by atoms with E-state index in [0.29, 0.717) is 6.42 Å². The van der Waals surface area contributed by atoms with E-state index in [4.69, 9.17) is 0 Å². The Bertz CT molecular complexity index is 583. The Morgan fingerprint density at radius 3 is 2.93 bits per heavy atom. The van der Waals surface area contributed by atoms with Gasteiger partial charge >= 0.3 is 0 Å². The third kappa shape index (κ3) is 1.19. The van der Waals surface area contributed by atoms with Crippen LogP contribution < -0.4 is 0 Å². The Morgan fingerprint density at radius 2 is 2.13 bits per heavy atom. The highest BCUT2D eigenvalue weighted by atomic mass is 79.9. The molecule has 0 saturated heterocycles. The number of carbonyl (C=O) groups excluding carboxylic acids is 1. The van der Waals surface area contributed by atoms with Gasteiger partial charge in [-0.3, -0.25) is 4.79 Å². The van der Waals surface area contributed by atoms with E-state index < -0.39 is 0 Å². The molecule has 1 aliphatic carbocycles. The summed E-state index contributed by atoms with van der Waals surface area (Å²) in [5, 5.41) is 1.07. The summed E-state index contributed by atoms with van der Waals surface area (Å²) in [7, 11) is 0. The minimum absolute atomic E-state index is 0.272. The molecule has 1 aromatic heterocycles. The third-order valence-electron chi connectivity index (χ3n) is 3.03. The number of carbonyl (C=O) groups is 1. The van der Waals surface area contributed by atoms with Crippen molar-refractivity contribution in [2.75, 3.05) is 0 Å². The van der Waals surface area contributed by atoms with Gasteiger partial charge in [0.2, 0.25) is 0 Å². The van der Waals surface area contributed by atoms with Gasteiger partial charge in [-0.1, -0.05) is 15.9 Å². The fourth-order valence-electron chi connectivity index (χ4n) is 2.35. The number of Topliss-reactive ketones (excluding diaryl/α,β-unsaturated/α-hetero) is 1. The van der Waals surface area contributed by atoms with Crippen LogP contribution in [0.25, 0.3) is 10.9 Å². The van der Waals surface area contributed by atoms with E-state index in [9.17, 15) is 4.79 Å². The highest BCUT2D eigenvalue weighted by Crippen LogP contribution is 2.33. The number of hydrogen-bond donors (Lipinski definition) is 1. The highest BCUT2D eigenvalue weighted by molar-refractivity contribution is 9.10. The van der Waals surface area contributed by atoms with Crippen LogP contribution in [0.1, 0.15) is 28.0 Å². The number of benzene rings is 1. The third-order valence-corrected chi connectivity index (χ3v) is 3.49. The number of halogens is 1. The van der Waals surface area contributed by atoms with Gasteiger partial charge in [-0.25, -0.2) is 0 Å². The lowest BCUT2D eigenvalue weighted by Gasteiger charge is -1.99. The van der Waals surface area contributed by atoms with Crippen LogP contribution in [0.4, 0.5) is 0 Å². The second-order valence-electron chi connectivity index (χ2n) is 4.05. The fraction of sp³-hybridized carbons (Fsp3) is 0.250. The van der Waals surface area contributed by atoms with Crippen LogP contribution in [0.3, 0.4) is 0 Å². The van der Waals surface area contributed by atoms with Crippen molar-refractivity contribution in [1.29, 1.82) is 0 Å². The van der Waals surface area contributed by atoms with E-state index in [0.717, 1.165) is 33.1 Å². The van der Waals surface area contributed by atoms with Crippen LogP contribution in [0, 0.1) is 6.92 Å². The summed E-state index contributed by atoms with van der Waals surface area (Å²) in [6.07, 6.45) is 1.52. The van der Waals surface area contributed by atoms with Crippen molar-refractivity contribution in [3.05, 3.63) is 33.4 Å². The number of rotatable bonds is 0. The molecular formula is C12H10BrNO. The zero-order valence-corrected chi connectivity index (χ0v) is 9.94. The summed E-state index contributed by atoms with van der Waals surface area (Å²) < 4.78 is 1.04. The van der Waals surface area contributed by atoms with Crippen molar-refractivity contribution in [1.82, 2.24) is 4.98 Å². The topological polar surface area (TPSA) is 32.9 Å². The number of aryl methyl sites for hydroxylation is 2. The van der Waals surface area contributed by atoms with E-state index in [2.05, 4.69) is 33.9 Å². The van der Waals surface area contributed by atoms with E-state index in [1.165, 1.54) is 5.56 Å². The zero-order chi connectivity index (χ0) is 10.6. The summed E-state index contributed by atoms with van der Waals surface area (Å²) in [5.41, 5.74) is 4.31. The van der Waals surface area contributed by atoms with Crippen LogP contribution in [0.2, 0.25) is 0 Å². The first kappa shape index (κ1) is 9.16. The van der Waals surface area contributed by atoms with Crippen molar-refractivity contribution in [2.24, 2.45) is 0 Å².